The molecule has 0 radical (unpaired) electrons. The second kappa shape index (κ2) is 8.51. The van der Waals surface area contributed by atoms with Gasteiger partial charge in [-0.3, -0.25) is 4.79 Å². The van der Waals surface area contributed by atoms with Gasteiger partial charge >= 0.3 is 0 Å². The molecule has 0 saturated heterocycles. The van der Waals surface area contributed by atoms with Gasteiger partial charge in [0.1, 0.15) is 6.54 Å². The van der Waals surface area contributed by atoms with Crippen molar-refractivity contribution in [3.05, 3.63) is 0 Å². The van der Waals surface area contributed by atoms with Crippen LogP contribution in [0.4, 0.5) is 0 Å². The maximum Gasteiger partial charge on any atom is 0.225 e. The number of carbonyl (C=O) groups excluding carboxylic acids is 1. The normalized spacial score (nSPS) is 12.5. The Hall–Kier alpha value is -0.650. The van der Waals surface area contributed by atoms with Crippen molar-refractivity contribution in [2.75, 3.05) is 60.7 Å². The Kier molecular flexibility index (Phi) is 8.22. The third-order valence-electron chi connectivity index (χ3n) is 2.49. The zero-order valence-electron chi connectivity index (χ0n) is 13.4. The fourth-order valence-electron chi connectivity index (χ4n) is 1.16. The molecule has 0 aromatic carbocycles. The largest absolute Gasteiger partial charge is 0.377 e. The van der Waals surface area contributed by atoms with Gasteiger partial charge in [0.2, 0.25) is 5.91 Å². The number of amides is 1. The molecular weight excluding hydrogens is 244 g/mol. The van der Waals surface area contributed by atoms with Crippen LogP contribution in [0, 0.1) is 5.41 Å². The molecule has 1 amide bonds. The number of quaternary nitrogens is 1. The first-order valence-corrected chi connectivity index (χ1v) is 6.87. The molecule has 5 nitrogen and oxygen atoms in total. The topological polar surface area (TPSA) is 47.6 Å². The van der Waals surface area contributed by atoms with E-state index in [1.54, 1.807) is 0 Å². The van der Waals surface area contributed by atoms with Crippen molar-refractivity contribution in [2.24, 2.45) is 5.41 Å². The van der Waals surface area contributed by atoms with Gasteiger partial charge in [-0.2, -0.15) is 0 Å². The zero-order chi connectivity index (χ0) is 14.9. The highest BCUT2D eigenvalue weighted by atomic mass is 16.5. The Labute approximate surface area is 117 Å². The van der Waals surface area contributed by atoms with Crippen LogP contribution >= 0.6 is 0 Å². The summed E-state index contributed by atoms with van der Waals surface area (Å²) in [5.74, 6) is 0.0512. The molecule has 5 heteroatoms. The van der Waals surface area contributed by atoms with E-state index in [2.05, 4.69) is 26.5 Å². The van der Waals surface area contributed by atoms with Gasteiger partial charge in [0.15, 0.2) is 0 Å². The van der Waals surface area contributed by atoms with Crippen LogP contribution in [0.5, 0.6) is 0 Å². The summed E-state index contributed by atoms with van der Waals surface area (Å²) in [6.45, 7) is 9.67. The summed E-state index contributed by atoms with van der Waals surface area (Å²) >= 11 is 0. The Balaban J connectivity index is 3.31. The van der Waals surface area contributed by atoms with E-state index in [9.17, 15) is 4.79 Å². The van der Waals surface area contributed by atoms with Crippen molar-refractivity contribution >= 4 is 5.91 Å². The fraction of sp³-hybridized carbons (Fsp3) is 0.929. The van der Waals surface area contributed by atoms with Gasteiger partial charge in [0.25, 0.3) is 0 Å². The van der Waals surface area contributed by atoms with Gasteiger partial charge in [0, 0.05) is 12.0 Å². The van der Waals surface area contributed by atoms with Crippen LogP contribution < -0.4 is 5.32 Å². The molecule has 0 spiro atoms. The Bertz CT molecular complexity index is 254. The summed E-state index contributed by atoms with van der Waals surface area (Å²) in [5, 5.41) is 2.84. The molecule has 0 unspecified atom stereocenters. The first kappa shape index (κ1) is 18.4. The van der Waals surface area contributed by atoms with Crippen molar-refractivity contribution in [1.82, 2.24) is 5.32 Å². The maximum atomic E-state index is 11.5. The van der Waals surface area contributed by atoms with Crippen LogP contribution in [0.3, 0.4) is 0 Å². The number of hydrogen-bond donors (Lipinski definition) is 1. The number of nitrogens with zero attached hydrogens (tertiary/aromatic N) is 1. The highest BCUT2D eigenvalue weighted by Gasteiger charge is 2.20. The van der Waals surface area contributed by atoms with Crippen molar-refractivity contribution in [2.45, 2.75) is 20.8 Å². The Morgan fingerprint density at radius 1 is 1.00 bits per heavy atom. The molecule has 0 bridgehead atoms. The lowest BCUT2D eigenvalue weighted by Gasteiger charge is -2.23. The Morgan fingerprint density at radius 2 is 1.53 bits per heavy atom. The molecular formula is C14H31N2O3+. The second-order valence-electron chi connectivity index (χ2n) is 6.74. The van der Waals surface area contributed by atoms with Crippen LogP contribution in [0.1, 0.15) is 20.8 Å². The number of hydrogen-bond acceptors (Lipinski definition) is 3. The minimum atomic E-state index is -0.339. The summed E-state index contributed by atoms with van der Waals surface area (Å²) in [5.41, 5.74) is -0.339. The molecule has 0 aromatic rings. The van der Waals surface area contributed by atoms with Crippen molar-refractivity contribution in [1.29, 1.82) is 0 Å². The Morgan fingerprint density at radius 3 is 2.00 bits per heavy atom. The van der Waals surface area contributed by atoms with Gasteiger partial charge < -0.3 is 19.3 Å². The van der Waals surface area contributed by atoms with E-state index >= 15 is 0 Å². The van der Waals surface area contributed by atoms with E-state index in [1.165, 1.54) is 0 Å². The molecule has 0 fully saturated rings. The molecule has 0 aliphatic heterocycles. The molecule has 0 aliphatic carbocycles. The summed E-state index contributed by atoms with van der Waals surface area (Å²) in [7, 11) is 6.41. The summed E-state index contributed by atoms with van der Waals surface area (Å²) in [6, 6.07) is 0. The molecule has 19 heavy (non-hydrogen) atoms. The van der Waals surface area contributed by atoms with Gasteiger partial charge in [0.05, 0.1) is 47.6 Å². The average Bonchev–Trinajstić information content (AvgIpc) is 2.23. The number of carbonyl (C=O) groups is 1. The van der Waals surface area contributed by atoms with E-state index in [0.29, 0.717) is 26.4 Å². The maximum absolute atomic E-state index is 11.5. The smallest absolute Gasteiger partial charge is 0.225 e. The van der Waals surface area contributed by atoms with Gasteiger partial charge in [-0.25, -0.2) is 0 Å². The number of ether oxygens (including phenoxy) is 2. The zero-order valence-corrected chi connectivity index (χ0v) is 13.4. The molecule has 114 valence electrons. The predicted octanol–water partition coefficient (Wildman–Crippen LogP) is 0.888. The molecule has 1 N–H and O–H groups in total. The highest BCUT2D eigenvalue weighted by Crippen LogP contribution is 2.11. The van der Waals surface area contributed by atoms with Crippen LogP contribution in [-0.2, 0) is 14.3 Å². The standard InChI is InChI=1S/C14H30N2O3/c1-14(2,3)13(17)15-7-9-18-11-12-19-10-8-16(4,5)6/h7-12H2,1-6H3/p+1. The van der Waals surface area contributed by atoms with Gasteiger partial charge in [-0.05, 0) is 0 Å². The van der Waals surface area contributed by atoms with Crippen LogP contribution in [0.25, 0.3) is 0 Å². The van der Waals surface area contributed by atoms with Crippen LogP contribution in [0.2, 0.25) is 0 Å². The first-order chi connectivity index (χ1) is 8.63. The minimum Gasteiger partial charge on any atom is -0.377 e. The molecule has 0 rings (SSSR count). The van der Waals surface area contributed by atoms with Crippen LogP contribution in [0.15, 0.2) is 0 Å². The van der Waals surface area contributed by atoms with Crippen molar-refractivity contribution in [3.8, 4) is 0 Å². The monoisotopic (exact) mass is 275 g/mol. The van der Waals surface area contributed by atoms with Crippen molar-refractivity contribution in [3.63, 3.8) is 0 Å². The molecule has 0 aromatic heterocycles. The van der Waals surface area contributed by atoms with Crippen molar-refractivity contribution < 1.29 is 18.8 Å². The van der Waals surface area contributed by atoms with E-state index in [4.69, 9.17) is 9.47 Å². The predicted molar refractivity (Wildman–Crippen MR) is 77.0 cm³/mol. The van der Waals surface area contributed by atoms with E-state index in [0.717, 1.165) is 17.6 Å². The SMILES string of the molecule is CC(C)(C)C(=O)NCCOCCOCC[N+](C)(C)C. The lowest BCUT2D eigenvalue weighted by atomic mass is 9.96. The average molecular weight is 275 g/mol. The number of rotatable bonds is 9. The van der Waals surface area contributed by atoms with Gasteiger partial charge in [-0.1, -0.05) is 20.8 Å². The van der Waals surface area contributed by atoms with E-state index in [1.807, 2.05) is 20.8 Å². The summed E-state index contributed by atoms with van der Waals surface area (Å²) in [4.78, 5) is 11.5. The minimum absolute atomic E-state index is 0.0512. The van der Waals surface area contributed by atoms with E-state index in [-0.39, 0.29) is 11.3 Å². The lowest BCUT2D eigenvalue weighted by Crippen LogP contribution is -2.38. The fourth-order valence-corrected chi connectivity index (χ4v) is 1.16. The summed E-state index contributed by atoms with van der Waals surface area (Å²) in [6.07, 6.45) is 0. The quantitative estimate of drug-likeness (QED) is 0.502. The van der Waals surface area contributed by atoms with E-state index < -0.39 is 0 Å². The third-order valence-corrected chi connectivity index (χ3v) is 2.49. The van der Waals surface area contributed by atoms with Gasteiger partial charge in [-0.15, -0.1) is 0 Å². The van der Waals surface area contributed by atoms with Crippen LogP contribution in [-0.4, -0.2) is 71.1 Å². The highest BCUT2D eigenvalue weighted by molar-refractivity contribution is 5.81. The first-order valence-electron chi connectivity index (χ1n) is 6.87. The molecule has 0 atom stereocenters. The number of nitrogens with one attached hydrogen (secondary N) is 1. The number of likely N-dealkylation sites (N-methyl/N-ethyl adjacent to an activating group) is 1. The molecule has 0 heterocycles. The third kappa shape index (κ3) is 12.1. The molecule has 0 aliphatic rings. The lowest BCUT2D eigenvalue weighted by molar-refractivity contribution is -0.870. The summed E-state index contributed by atoms with van der Waals surface area (Å²) < 4.78 is 11.8. The second-order valence-corrected chi connectivity index (χ2v) is 6.74. The molecule has 0 saturated carbocycles.